The molecule has 0 aliphatic heterocycles. The van der Waals surface area contributed by atoms with Crippen LogP contribution in [0.25, 0.3) is 0 Å². The molecule has 0 aliphatic carbocycles. The summed E-state index contributed by atoms with van der Waals surface area (Å²) >= 11 is 0. The Bertz CT molecular complexity index is 36.0. The molecular formula is C8H24Br2P2. The van der Waals surface area contributed by atoms with Gasteiger partial charge in [-0.05, 0) is 12.3 Å². The smallest absolute Gasteiger partial charge is 0.0381 e. The van der Waals surface area contributed by atoms with Crippen molar-refractivity contribution in [2.24, 2.45) is 0 Å². The van der Waals surface area contributed by atoms with Gasteiger partial charge in [-0.15, -0.1) is 52.4 Å². The summed E-state index contributed by atoms with van der Waals surface area (Å²) in [6, 6.07) is 0. The second kappa shape index (κ2) is 29.3. The largest absolute Gasteiger partial charge is 0.138 e. The van der Waals surface area contributed by atoms with Crippen LogP contribution >= 0.6 is 52.4 Å². The van der Waals surface area contributed by atoms with Crippen LogP contribution in [-0.4, -0.2) is 12.3 Å². The molecule has 0 nitrogen and oxygen atoms in total. The maximum atomic E-state index is 2.70. The second-order valence-corrected chi connectivity index (χ2v) is 3.44. The molecule has 0 spiro atoms. The standard InChI is InChI=1S/2C4H11P.2BrH/c2*1-2-3-4-5;;/h2*2-5H2,1H3;2*1H. The third-order valence-corrected chi connectivity index (χ3v) is 1.93. The van der Waals surface area contributed by atoms with Gasteiger partial charge in [0, 0.05) is 0 Å². The average Bonchev–Trinajstić information content (AvgIpc) is 1.93. The van der Waals surface area contributed by atoms with E-state index in [1.807, 2.05) is 0 Å². The highest BCUT2D eigenvalue weighted by molar-refractivity contribution is 8.93. The Labute approximate surface area is 104 Å². The van der Waals surface area contributed by atoms with Crippen LogP contribution in [0.1, 0.15) is 39.5 Å². The summed E-state index contributed by atoms with van der Waals surface area (Å²) in [5, 5.41) is 0. The van der Waals surface area contributed by atoms with Crippen LogP contribution in [-0.2, 0) is 0 Å². The summed E-state index contributed by atoms with van der Waals surface area (Å²) < 4.78 is 0. The van der Waals surface area contributed by atoms with E-state index in [2.05, 4.69) is 32.3 Å². The van der Waals surface area contributed by atoms with Gasteiger partial charge in [-0.2, -0.15) is 0 Å². The topological polar surface area (TPSA) is 0 Å². The lowest BCUT2D eigenvalue weighted by Crippen LogP contribution is -1.64. The molecule has 0 aromatic heterocycles. The summed E-state index contributed by atoms with van der Waals surface area (Å²) in [7, 11) is 5.40. The minimum Gasteiger partial charge on any atom is -0.138 e. The molecule has 2 atom stereocenters. The van der Waals surface area contributed by atoms with Crippen LogP contribution in [0, 0.1) is 0 Å². The van der Waals surface area contributed by atoms with Crippen molar-refractivity contribution in [1.82, 2.24) is 0 Å². The third kappa shape index (κ3) is 40.9. The van der Waals surface area contributed by atoms with E-state index in [4.69, 9.17) is 0 Å². The Kier molecular flexibility index (Phi) is 57.5. The Morgan fingerprint density at radius 3 is 1.00 bits per heavy atom. The molecular weight excluding hydrogens is 318 g/mol. The number of unbranched alkanes of at least 4 members (excludes halogenated alkanes) is 2. The van der Waals surface area contributed by atoms with Crippen LogP contribution in [0.3, 0.4) is 0 Å². The van der Waals surface area contributed by atoms with Crippen molar-refractivity contribution in [3.8, 4) is 0 Å². The first kappa shape index (κ1) is 23.6. The summed E-state index contributed by atoms with van der Waals surface area (Å²) in [4.78, 5) is 0. The van der Waals surface area contributed by atoms with Crippen molar-refractivity contribution in [3.63, 3.8) is 0 Å². The molecule has 0 aliphatic rings. The van der Waals surface area contributed by atoms with Crippen molar-refractivity contribution >= 4 is 52.4 Å². The Balaban J connectivity index is -0.0000000457. The van der Waals surface area contributed by atoms with E-state index in [1.165, 1.54) is 38.0 Å². The van der Waals surface area contributed by atoms with E-state index in [0.29, 0.717) is 0 Å². The van der Waals surface area contributed by atoms with Crippen molar-refractivity contribution in [1.29, 1.82) is 0 Å². The van der Waals surface area contributed by atoms with E-state index in [-0.39, 0.29) is 34.0 Å². The highest BCUT2D eigenvalue weighted by Gasteiger charge is 1.68. The fraction of sp³-hybridized carbons (Fsp3) is 1.00. The maximum absolute atomic E-state index is 2.70. The van der Waals surface area contributed by atoms with E-state index in [1.54, 1.807) is 0 Å². The first-order valence-electron chi connectivity index (χ1n) is 4.23. The quantitative estimate of drug-likeness (QED) is 0.661. The molecule has 0 N–H and O–H groups in total. The lowest BCUT2D eigenvalue weighted by Gasteiger charge is -1.79. The summed E-state index contributed by atoms with van der Waals surface area (Å²) in [6.07, 6.45) is 7.87. The molecule has 0 saturated carbocycles. The van der Waals surface area contributed by atoms with Crippen molar-refractivity contribution in [2.75, 3.05) is 12.3 Å². The first-order chi connectivity index (χ1) is 4.83. The van der Waals surface area contributed by atoms with Crippen LogP contribution in [0.15, 0.2) is 0 Å². The number of rotatable bonds is 4. The molecule has 2 unspecified atom stereocenters. The molecule has 0 amide bonds. The predicted molar refractivity (Wildman–Crippen MR) is 79.6 cm³/mol. The van der Waals surface area contributed by atoms with Gasteiger partial charge < -0.3 is 0 Å². The normalized spacial score (nSPS) is 7.00. The molecule has 4 heteroatoms. The molecule has 0 saturated heterocycles. The van der Waals surface area contributed by atoms with Crippen molar-refractivity contribution in [3.05, 3.63) is 0 Å². The maximum Gasteiger partial charge on any atom is -0.0381 e. The van der Waals surface area contributed by atoms with Crippen LogP contribution in [0.5, 0.6) is 0 Å². The van der Waals surface area contributed by atoms with Crippen LogP contribution in [0.2, 0.25) is 0 Å². The first-order valence-corrected chi connectivity index (χ1v) is 5.86. The van der Waals surface area contributed by atoms with Crippen LogP contribution < -0.4 is 0 Å². The zero-order valence-electron chi connectivity index (χ0n) is 8.21. The Morgan fingerprint density at radius 2 is 1.00 bits per heavy atom. The molecule has 0 fully saturated rings. The number of hydrogen-bond donors (Lipinski definition) is 0. The number of hydrogen-bond acceptors (Lipinski definition) is 0. The van der Waals surface area contributed by atoms with Gasteiger partial charge in [0.25, 0.3) is 0 Å². The Morgan fingerprint density at radius 1 is 0.750 bits per heavy atom. The monoisotopic (exact) mass is 340 g/mol. The molecule has 12 heavy (non-hydrogen) atoms. The van der Waals surface area contributed by atoms with Gasteiger partial charge in [0.05, 0.1) is 0 Å². The lowest BCUT2D eigenvalue weighted by molar-refractivity contribution is 0.897. The van der Waals surface area contributed by atoms with Gasteiger partial charge in [-0.25, -0.2) is 0 Å². The average molecular weight is 342 g/mol. The zero-order chi connectivity index (χ0) is 8.24. The fourth-order valence-corrected chi connectivity index (χ4v) is 1.22. The van der Waals surface area contributed by atoms with E-state index in [9.17, 15) is 0 Å². The zero-order valence-corrected chi connectivity index (χ0v) is 13.9. The summed E-state index contributed by atoms with van der Waals surface area (Å²) in [6.45, 7) is 4.40. The van der Waals surface area contributed by atoms with Gasteiger partial charge in [0.2, 0.25) is 0 Å². The van der Waals surface area contributed by atoms with Crippen molar-refractivity contribution in [2.45, 2.75) is 39.5 Å². The highest BCUT2D eigenvalue weighted by atomic mass is 79.9. The molecule has 0 bridgehead atoms. The lowest BCUT2D eigenvalue weighted by atomic mass is 10.4. The van der Waals surface area contributed by atoms with E-state index < -0.39 is 0 Å². The van der Waals surface area contributed by atoms with Crippen molar-refractivity contribution < 1.29 is 0 Å². The van der Waals surface area contributed by atoms with Gasteiger partial charge in [0.1, 0.15) is 0 Å². The minimum atomic E-state index is 0. The summed E-state index contributed by atoms with van der Waals surface area (Å²) in [5.41, 5.74) is 0. The molecule has 0 aromatic rings. The molecule has 0 aromatic carbocycles. The minimum absolute atomic E-state index is 0. The summed E-state index contributed by atoms with van der Waals surface area (Å²) in [5.74, 6) is 0. The van der Waals surface area contributed by atoms with Crippen LogP contribution in [0.4, 0.5) is 0 Å². The van der Waals surface area contributed by atoms with E-state index in [0.717, 1.165) is 0 Å². The SMILES string of the molecule is Br.Br.CCCCP.CCCCP. The van der Waals surface area contributed by atoms with Gasteiger partial charge in [-0.3, -0.25) is 0 Å². The van der Waals surface area contributed by atoms with Gasteiger partial charge in [-0.1, -0.05) is 39.5 Å². The van der Waals surface area contributed by atoms with Gasteiger partial charge >= 0.3 is 0 Å². The third-order valence-electron chi connectivity index (χ3n) is 1.12. The van der Waals surface area contributed by atoms with E-state index >= 15 is 0 Å². The highest BCUT2D eigenvalue weighted by Crippen LogP contribution is 1.90. The molecule has 0 heterocycles. The Hall–Kier alpha value is 1.82. The number of halogens is 2. The molecule has 0 rings (SSSR count). The predicted octanol–water partition coefficient (Wildman–Crippen LogP) is 4.48. The van der Waals surface area contributed by atoms with Gasteiger partial charge in [0.15, 0.2) is 0 Å². The molecule has 80 valence electrons. The second-order valence-electron chi connectivity index (χ2n) is 2.28. The fourth-order valence-electron chi connectivity index (χ4n) is 0.408. The molecule has 0 radical (unpaired) electrons.